The molecule has 3 rings (SSSR count). The Hall–Kier alpha value is -2.67. The number of hydrogen-bond donors (Lipinski definition) is 1. The van der Waals surface area contributed by atoms with Crippen molar-refractivity contribution in [2.45, 2.75) is 18.8 Å². The van der Waals surface area contributed by atoms with Crippen molar-refractivity contribution in [3.63, 3.8) is 0 Å². The van der Waals surface area contributed by atoms with Gasteiger partial charge in [-0.3, -0.25) is 0 Å². The Kier molecular flexibility index (Phi) is 13.8. The molecule has 0 radical (unpaired) electrons. The summed E-state index contributed by atoms with van der Waals surface area (Å²) in [4.78, 5) is 10.9. The van der Waals surface area contributed by atoms with Gasteiger partial charge in [-0.2, -0.15) is 0 Å². The van der Waals surface area contributed by atoms with E-state index >= 15 is 0 Å². The van der Waals surface area contributed by atoms with Crippen LogP contribution in [0.25, 0.3) is 0 Å². The first-order chi connectivity index (χ1) is 18.2. The first-order valence-corrected chi connectivity index (χ1v) is 12.4. The molecular weight excluding hydrogens is 486 g/mol. The van der Waals surface area contributed by atoms with Crippen LogP contribution in [0.15, 0.2) is 42.5 Å². The van der Waals surface area contributed by atoms with Crippen LogP contribution in [-0.2, 0) is 39.8 Å². The molecule has 1 aliphatic carbocycles. The lowest BCUT2D eigenvalue weighted by Crippen LogP contribution is -2.32. The van der Waals surface area contributed by atoms with Gasteiger partial charge in [0, 0.05) is 0 Å². The van der Waals surface area contributed by atoms with E-state index in [4.69, 9.17) is 48.4 Å². The summed E-state index contributed by atoms with van der Waals surface area (Å²) in [6, 6.07) is 5.26. The molecule has 0 saturated heterocycles. The Morgan fingerprint density at radius 2 is 1.19 bits per heavy atom. The molecular formula is C26H37NO10. The molecule has 0 saturated carbocycles. The van der Waals surface area contributed by atoms with Crippen molar-refractivity contribution >= 4 is 6.09 Å². The van der Waals surface area contributed by atoms with E-state index in [-0.39, 0.29) is 18.8 Å². The van der Waals surface area contributed by atoms with Gasteiger partial charge in [-0.25, -0.2) is 4.79 Å². The average Bonchev–Trinajstić information content (AvgIpc) is 2.90. The second-order valence-electron chi connectivity index (χ2n) is 7.98. The van der Waals surface area contributed by atoms with Gasteiger partial charge in [0.05, 0.1) is 66.1 Å². The Morgan fingerprint density at radius 1 is 0.703 bits per heavy atom. The van der Waals surface area contributed by atoms with E-state index in [1.807, 2.05) is 24.3 Å². The van der Waals surface area contributed by atoms with Crippen molar-refractivity contribution in [2.75, 3.05) is 79.3 Å². The van der Waals surface area contributed by atoms with E-state index in [0.717, 1.165) is 0 Å². The van der Waals surface area contributed by atoms with Crippen LogP contribution in [0.1, 0.15) is 5.56 Å². The number of nitrogens with two attached hydrogens (primary N) is 1. The molecule has 2 unspecified atom stereocenters. The Bertz CT molecular complexity index is 847. The summed E-state index contributed by atoms with van der Waals surface area (Å²) in [5, 5.41) is 0. The molecule has 1 heterocycles. The lowest BCUT2D eigenvalue weighted by atomic mass is 10.1. The van der Waals surface area contributed by atoms with E-state index in [1.165, 1.54) is 0 Å². The van der Waals surface area contributed by atoms with Crippen LogP contribution in [0.4, 0.5) is 4.79 Å². The molecule has 1 aromatic carbocycles. The molecule has 0 spiro atoms. The van der Waals surface area contributed by atoms with Crippen LogP contribution in [0, 0.1) is 0 Å². The summed E-state index contributed by atoms with van der Waals surface area (Å²) in [7, 11) is 0. The van der Waals surface area contributed by atoms with Crippen molar-refractivity contribution in [3.05, 3.63) is 48.1 Å². The highest BCUT2D eigenvalue weighted by atomic mass is 16.6. The summed E-state index contributed by atoms with van der Waals surface area (Å²) in [6.45, 7) is 4.95. The van der Waals surface area contributed by atoms with Gasteiger partial charge < -0.3 is 48.4 Å². The summed E-state index contributed by atoms with van der Waals surface area (Å²) >= 11 is 0. The molecule has 1 aromatic rings. The highest BCUT2D eigenvalue weighted by Gasteiger charge is 2.19. The van der Waals surface area contributed by atoms with Gasteiger partial charge in [-0.05, 0) is 17.7 Å². The van der Waals surface area contributed by atoms with E-state index in [0.29, 0.717) is 96.3 Å². The van der Waals surface area contributed by atoms with Gasteiger partial charge in [0.1, 0.15) is 32.0 Å². The van der Waals surface area contributed by atoms with Crippen LogP contribution in [0.5, 0.6) is 11.5 Å². The number of primary amides is 1. The minimum atomic E-state index is -0.844. The molecule has 206 valence electrons. The average molecular weight is 524 g/mol. The Labute approximate surface area is 217 Å². The van der Waals surface area contributed by atoms with Gasteiger partial charge in [0.2, 0.25) is 0 Å². The topological polar surface area (TPSA) is 126 Å². The maximum Gasteiger partial charge on any atom is 0.404 e. The number of ether oxygens (including phenoxy) is 9. The zero-order valence-electron chi connectivity index (χ0n) is 21.0. The lowest BCUT2D eigenvalue weighted by Gasteiger charge is -2.24. The molecule has 2 N–H and O–H groups in total. The molecule has 0 fully saturated rings. The molecule has 11 nitrogen and oxygen atoms in total. The summed E-state index contributed by atoms with van der Waals surface area (Å²) in [5.41, 5.74) is 5.77. The van der Waals surface area contributed by atoms with Crippen LogP contribution in [-0.4, -0.2) is 97.6 Å². The molecule has 2 aliphatic rings. The SMILES string of the molecule is NC(=O)OCc1ccc2c(c1)OCCOCCOCCOC1C=CC=CC1OCCOCCOCCO2. The third kappa shape index (κ3) is 11.9. The fraction of sp³-hybridized carbons (Fsp3) is 0.577. The molecule has 0 bridgehead atoms. The number of benzene rings is 1. The molecule has 37 heavy (non-hydrogen) atoms. The number of carbonyl (C=O) groups excluding carboxylic acids is 1. The standard InChI is InChI=1S/C26H37NO10/c27-26(28)37-20-21-5-6-24-25(19-21)36-18-14-32-10-9-30-12-16-34-23-4-2-1-3-22(23)33-15-11-29-7-8-31-13-17-35-24/h1-6,19,22-23H,7-18,20H2,(H2,27,28). The van der Waals surface area contributed by atoms with Crippen molar-refractivity contribution < 1.29 is 47.4 Å². The normalized spacial score (nSPS) is 23.4. The van der Waals surface area contributed by atoms with E-state index in [2.05, 4.69) is 0 Å². The smallest absolute Gasteiger partial charge is 0.404 e. The monoisotopic (exact) mass is 523 g/mol. The van der Waals surface area contributed by atoms with Crippen LogP contribution >= 0.6 is 0 Å². The van der Waals surface area contributed by atoms with Gasteiger partial charge in [-0.15, -0.1) is 0 Å². The third-order valence-corrected chi connectivity index (χ3v) is 5.22. The lowest BCUT2D eigenvalue weighted by molar-refractivity contribution is -0.0641. The maximum absolute atomic E-state index is 10.9. The number of fused-ring (bicyclic) bond motifs is 2. The third-order valence-electron chi connectivity index (χ3n) is 5.22. The van der Waals surface area contributed by atoms with Gasteiger partial charge >= 0.3 is 6.09 Å². The van der Waals surface area contributed by atoms with Crippen LogP contribution < -0.4 is 15.2 Å². The number of amides is 1. The second kappa shape index (κ2) is 17.7. The highest BCUT2D eigenvalue weighted by Crippen LogP contribution is 2.29. The minimum Gasteiger partial charge on any atom is -0.487 e. The quantitative estimate of drug-likeness (QED) is 0.615. The summed E-state index contributed by atoms with van der Waals surface area (Å²) in [6.07, 6.45) is 6.67. The summed E-state index contributed by atoms with van der Waals surface area (Å²) < 4.78 is 50.7. The molecule has 11 heteroatoms. The fourth-order valence-electron chi connectivity index (χ4n) is 3.45. The summed E-state index contributed by atoms with van der Waals surface area (Å²) in [5.74, 6) is 1.05. The van der Waals surface area contributed by atoms with Crippen molar-refractivity contribution in [1.29, 1.82) is 0 Å². The van der Waals surface area contributed by atoms with Crippen molar-refractivity contribution in [1.82, 2.24) is 0 Å². The number of rotatable bonds is 2. The number of carbonyl (C=O) groups is 1. The number of allylic oxidation sites excluding steroid dienone is 2. The molecule has 2 atom stereocenters. The molecule has 1 amide bonds. The Balaban J connectivity index is 1.48. The highest BCUT2D eigenvalue weighted by molar-refractivity contribution is 5.64. The number of hydrogen-bond acceptors (Lipinski definition) is 10. The predicted octanol–water partition coefficient (Wildman–Crippen LogP) is 2.02. The fourth-order valence-corrected chi connectivity index (χ4v) is 3.45. The largest absolute Gasteiger partial charge is 0.487 e. The second-order valence-corrected chi connectivity index (χ2v) is 7.98. The molecule has 1 aliphatic heterocycles. The van der Waals surface area contributed by atoms with Crippen LogP contribution in [0.3, 0.4) is 0 Å². The maximum atomic E-state index is 10.9. The molecule has 0 aromatic heterocycles. The minimum absolute atomic E-state index is 0.0338. The first kappa shape index (κ1) is 28.9. The van der Waals surface area contributed by atoms with E-state index < -0.39 is 6.09 Å². The Morgan fingerprint density at radius 3 is 1.73 bits per heavy atom. The van der Waals surface area contributed by atoms with E-state index in [9.17, 15) is 4.79 Å². The van der Waals surface area contributed by atoms with Crippen molar-refractivity contribution in [2.24, 2.45) is 5.73 Å². The predicted molar refractivity (Wildman–Crippen MR) is 133 cm³/mol. The van der Waals surface area contributed by atoms with E-state index in [1.54, 1.807) is 18.2 Å². The van der Waals surface area contributed by atoms with Gasteiger partial charge in [0.15, 0.2) is 11.5 Å². The van der Waals surface area contributed by atoms with Gasteiger partial charge in [0.25, 0.3) is 0 Å². The van der Waals surface area contributed by atoms with Gasteiger partial charge in [-0.1, -0.05) is 30.4 Å². The first-order valence-electron chi connectivity index (χ1n) is 12.4. The van der Waals surface area contributed by atoms with Crippen molar-refractivity contribution in [3.8, 4) is 11.5 Å². The zero-order chi connectivity index (χ0) is 26.0. The zero-order valence-corrected chi connectivity index (χ0v) is 21.0. The van der Waals surface area contributed by atoms with Crippen LogP contribution in [0.2, 0.25) is 0 Å².